The summed E-state index contributed by atoms with van der Waals surface area (Å²) < 4.78 is 30.2. The summed E-state index contributed by atoms with van der Waals surface area (Å²) in [5.41, 5.74) is 1.41. The second-order valence-corrected chi connectivity index (χ2v) is 10.1. The van der Waals surface area contributed by atoms with Gasteiger partial charge in [0, 0.05) is 27.6 Å². The average molecular weight is 458 g/mol. The van der Waals surface area contributed by atoms with Crippen molar-refractivity contribution in [2.24, 2.45) is 0 Å². The topological polar surface area (TPSA) is 74.1 Å². The van der Waals surface area contributed by atoms with Crippen molar-refractivity contribution in [1.29, 1.82) is 0 Å². The second kappa shape index (κ2) is 8.73. The molecule has 148 valence electrons. The summed E-state index contributed by atoms with van der Waals surface area (Å²) >= 11 is 13.6. The van der Waals surface area contributed by atoms with E-state index in [9.17, 15) is 8.42 Å². The normalized spacial score (nSPS) is 11.6. The number of hydrogen-bond donors (Lipinski definition) is 0. The van der Waals surface area contributed by atoms with Crippen LogP contribution in [0.15, 0.2) is 47.6 Å². The van der Waals surface area contributed by atoms with Crippen LogP contribution in [0.1, 0.15) is 0 Å². The van der Waals surface area contributed by atoms with Gasteiger partial charge >= 0.3 is 0 Å². The van der Waals surface area contributed by atoms with E-state index < -0.39 is 9.84 Å². The van der Waals surface area contributed by atoms with Crippen molar-refractivity contribution in [3.8, 4) is 22.8 Å². The van der Waals surface area contributed by atoms with E-state index in [4.69, 9.17) is 27.9 Å². The van der Waals surface area contributed by atoms with Crippen LogP contribution in [0.25, 0.3) is 17.1 Å². The first-order chi connectivity index (χ1) is 13.3. The van der Waals surface area contributed by atoms with Gasteiger partial charge in [-0.05, 0) is 30.3 Å². The molecule has 3 aromatic rings. The average Bonchev–Trinajstić information content (AvgIpc) is 3.04. The van der Waals surface area contributed by atoms with Gasteiger partial charge in [-0.2, -0.15) is 0 Å². The molecule has 0 amide bonds. The first-order valence-electron chi connectivity index (χ1n) is 8.14. The Labute approximate surface area is 177 Å². The Morgan fingerprint density at radius 3 is 2.54 bits per heavy atom. The summed E-state index contributed by atoms with van der Waals surface area (Å²) in [5, 5.41) is 10.2. The first-order valence-corrected chi connectivity index (χ1v) is 11.9. The molecule has 28 heavy (non-hydrogen) atoms. The molecule has 0 aliphatic heterocycles. The minimum absolute atomic E-state index is 0.0315. The molecule has 0 fully saturated rings. The lowest BCUT2D eigenvalue weighted by Crippen LogP contribution is -2.07. The molecule has 1 heterocycles. The lowest BCUT2D eigenvalue weighted by atomic mass is 10.2. The minimum Gasteiger partial charge on any atom is -0.495 e. The fourth-order valence-corrected chi connectivity index (χ4v) is 5.01. The number of aromatic nitrogens is 3. The van der Waals surface area contributed by atoms with Crippen LogP contribution >= 0.6 is 35.0 Å². The van der Waals surface area contributed by atoms with Gasteiger partial charge in [-0.3, -0.25) is 4.57 Å². The summed E-state index contributed by atoms with van der Waals surface area (Å²) in [6.07, 6.45) is 1.20. The number of nitrogens with zero attached hydrogens (tertiary/aromatic N) is 3. The van der Waals surface area contributed by atoms with Crippen LogP contribution in [0.4, 0.5) is 0 Å². The van der Waals surface area contributed by atoms with Crippen LogP contribution in [0.5, 0.6) is 5.75 Å². The molecular weight excluding hydrogens is 441 g/mol. The molecule has 0 aliphatic carbocycles. The quantitative estimate of drug-likeness (QED) is 0.489. The van der Waals surface area contributed by atoms with Gasteiger partial charge in [0.05, 0.1) is 18.6 Å². The molecule has 0 bridgehead atoms. The van der Waals surface area contributed by atoms with E-state index in [0.717, 1.165) is 5.56 Å². The molecule has 0 unspecified atom stereocenters. The highest BCUT2D eigenvalue weighted by Gasteiger charge is 2.20. The molecule has 0 N–H and O–H groups in total. The van der Waals surface area contributed by atoms with E-state index in [1.54, 1.807) is 42.0 Å². The molecule has 3 rings (SSSR count). The van der Waals surface area contributed by atoms with Crippen LogP contribution in [-0.4, -0.2) is 48.1 Å². The highest BCUT2D eigenvalue weighted by atomic mass is 35.5. The van der Waals surface area contributed by atoms with Gasteiger partial charge in [0.15, 0.2) is 11.0 Å². The van der Waals surface area contributed by atoms with Crippen molar-refractivity contribution in [3.05, 3.63) is 52.5 Å². The highest BCUT2D eigenvalue weighted by Crippen LogP contribution is 2.34. The zero-order valence-corrected chi connectivity index (χ0v) is 18.2. The molecule has 0 spiro atoms. The van der Waals surface area contributed by atoms with Crippen LogP contribution in [-0.2, 0) is 9.84 Å². The monoisotopic (exact) mass is 457 g/mol. The lowest BCUT2D eigenvalue weighted by molar-refractivity contribution is 0.412. The van der Waals surface area contributed by atoms with E-state index in [1.807, 2.05) is 12.1 Å². The molecular formula is C18H17Cl2N3O3S2. The maximum Gasteiger partial charge on any atom is 0.196 e. The van der Waals surface area contributed by atoms with Crippen LogP contribution in [0.3, 0.4) is 0 Å². The largest absolute Gasteiger partial charge is 0.495 e. The Kier molecular flexibility index (Phi) is 6.54. The number of sulfone groups is 1. The van der Waals surface area contributed by atoms with Gasteiger partial charge in [-0.15, -0.1) is 10.2 Å². The Hall–Kier alpha value is -1.74. The third kappa shape index (κ3) is 5.00. The molecule has 0 aliphatic rings. The van der Waals surface area contributed by atoms with Gasteiger partial charge in [0.25, 0.3) is 0 Å². The third-order valence-electron chi connectivity index (χ3n) is 3.78. The second-order valence-electron chi connectivity index (χ2n) is 5.95. The van der Waals surface area contributed by atoms with E-state index in [-0.39, 0.29) is 5.75 Å². The Balaban J connectivity index is 2.13. The fourth-order valence-electron chi connectivity index (χ4n) is 2.52. The summed E-state index contributed by atoms with van der Waals surface area (Å²) in [4.78, 5) is 0. The number of ether oxygens (including phenoxy) is 1. The standard InChI is InChI=1S/C18H17Cl2N3O3S2/c1-26-16-7-6-14(20)11-15(16)23-17(12-4-3-5-13(19)10-12)21-22-18(23)27-8-9-28(2,24)25/h3-7,10-11H,8-9H2,1-2H3. The Morgan fingerprint density at radius 2 is 1.86 bits per heavy atom. The zero-order valence-electron chi connectivity index (χ0n) is 15.1. The molecule has 2 aromatic carbocycles. The third-order valence-corrected chi connectivity index (χ3v) is 6.39. The van der Waals surface area contributed by atoms with Crippen molar-refractivity contribution in [2.75, 3.05) is 24.9 Å². The van der Waals surface area contributed by atoms with Crippen molar-refractivity contribution in [1.82, 2.24) is 14.8 Å². The predicted octanol–water partition coefficient (Wildman–Crippen LogP) is 4.39. The number of hydrogen-bond acceptors (Lipinski definition) is 6. The van der Waals surface area contributed by atoms with Crippen molar-refractivity contribution >= 4 is 44.8 Å². The number of halogens is 2. The Morgan fingerprint density at radius 1 is 1.11 bits per heavy atom. The van der Waals surface area contributed by atoms with E-state index in [2.05, 4.69) is 10.2 Å². The smallest absolute Gasteiger partial charge is 0.196 e. The van der Waals surface area contributed by atoms with Gasteiger partial charge in [-0.25, -0.2) is 8.42 Å². The maximum atomic E-state index is 11.5. The van der Waals surface area contributed by atoms with Crippen molar-refractivity contribution < 1.29 is 13.2 Å². The summed E-state index contributed by atoms with van der Waals surface area (Å²) in [6.45, 7) is 0. The number of thioether (sulfide) groups is 1. The molecule has 0 radical (unpaired) electrons. The van der Waals surface area contributed by atoms with Gasteiger partial charge in [0.2, 0.25) is 0 Å². The fraction of sp³-hybridized carbons (Fsp3) is 0.222. The number of rotatable bonds is 7. The molecule has 0 saturated heterocycles. The number of methoxy groups -OCH3 is 1. The molecule has 6 nitrogen and oxygen atoms in total. The zero-order chi connectivity index (χ0) is 20.3. The molecule has 10 heteroatoms. The minimum atomic E-state index is -3.08. The molecule has 1 aromatic heterocycles. The lowest BCUT2D eigenvalue weighted by Gasteiger charge is -2.14. The maximum absolute atomic E-state index is 11.5. The summed E-state index contributed by atoms with van der Waals surface area (Å²) in [5.74, 6) is 1.50. The summed E-state index contributed by atoms with van der Waals surface area (Å²) in [6, 6.07) is 12.5. The van der Waals surface area contributed by atoms with Gasteiger partial charge in [0.1, 0.15) is 15.6 Å². The first kappa shape index (κ1) is 21.0. The van der Waals surface area contributed by atoms with Gasteiger partial charge < -0.3 is 4.74 Å². The summed E-state index contributed by atoms with van der Waals surface area (Å²) in [7, 11) is -1.52. The molecule has 0 saturated carbocycles. The van der Waals surface area contributed by atoms with Crippen LogP contribution in [0.2, 0.25) is 10.0 Å². The number of benzene rings is 2. The predicted molar refractivity (Wildman–Crippen MR) is 114 cm³/mol. The molecule has 0 atom stereocenters. The van der Waals surface area contributed by atoms with Crippen LogP contribution in [0, 0.1) is 0 Å². The van der Waals surface area contributed by atoms with Crippen molar-refractivity contribution in [3.63, 3.8) is 0 Å². The Bertz CT molecular complexity index is 1100. The highest BCUT2D eigenvalue weighted by molar-refractivity contribution is 8.00. The van der Waals surface area contributed by atoms with Crippen molar-refractivity contribution in [2.45, 2.75) is 5.16 Å². The van der Waals surface area contributed by atoms with E-state index >= 15 is 0 Å². The SMILES string of the molecule is COc1ccc(Cl)cc1-n1c(SCCS(C)(=O)=O)nnc1-c1cccc(Cl)c1. The van der Waals surface area contributed by atoms with Gasteiger partial charge in [-0.1, -0.05) is 47.1 Å². The van der Waals surface area contributed by atoms with E-state index in [0.29, 0.717) is 38.2 Å². The van der Waals surface area contributed by atoms with E-state index in [1.165, 1.54) is 18.0 Å². The van der Waals surface area contributed by atoms with Crippen LogP contribution < -0.4 is 4.74 Å².